The van der Waals surface area contributed by atoms with E-state index in [4.69, 9.17) is 0 Å². The van der Waals surface area contributed by atoms with E-state index in [1.807, 2.05) is 0 Å². The van der Waals surface area contributed by atoms with Gasteiger partial charge in [-0.3, -0.25) is 0 Å². The highest BCUT2D eigenvalue weighted by Crippen LogP contribution is 2.32. The third kappa shape index (κ3) is 4.63. The van der Waals surface area contributed by atoms with Crippen LogP contribution in [0.1, 0.15) is 57.1 Å². The van der Waals surface area contributed by atoms with Crippen LogP contribution in [-0.4, -0.2) is 13.1 Å². The lowest BCUT2D eigenvalue weighted by Gasteiger charge is -2.32. The van der Waals surface area contributed by atoms with E-state index >= 15 is 0 Å². The van der Waals surface area contributed by atoms with E-state index in [-0.39, 0.29) is 0 Å². The molecule has 1 aliphatic carbocycles. The predicted octanol–water partition coefficient (Wildman–Crippen LogP) is 4.60. The first kappa shape index (κ1) is 15.6. The Kier molecular flexibility index (Phi) is 6.59. The third-order valence-corrected chi connectivity index (χ3v) is 4.83. The summed E-state index contributed by atoms with van der Waals surface area (Å²) in [6, 6.07) is 9.32. The van der Waals surface area contributed by atoms with Gasteiger partial charge in [-0.05, 0) is 68.2 Å². The first-order valence-corrected chi connectivity index (χ1v) is 8.62. The molecule has 0 saturated heterocycles. The lowest BCUT2D eigenvalue weighted by atomic mass is 9.76. The van der Waals surface area contributed by atoms with Crippen LogP contribution in [0.15, 0.2) is 24.3 Å². The minimum atomic E-state index is 0.889. The van der Waals surface area contributed by atoms with Gasteiger partial charge in [-0.1, -0.05) is 51.0 Å². The molecule has 1 aromatic rings. The molecule has 1 saturated carbocycles. The molecule has 1 aromatic carbocycles. The molecule has 1 N–H and O–H groups in total. The molecule has 1 fully saturated rings. The molecule has 0 aromatic heterocycles. The highest BCUT2D eigenvalue weighted by molar-refractivity contribution is 5.23. The number of aryl methyl sites for hydroxylation is 1. The third-order valence-electron chi connectivity index (χ3n) is 4.83. The normalized spacial score (nSPS) is 22.9. The Labute approximate surface area is 125 Å². The van der Waals surface area contributed by atoms with Gasteiger partial charge in [0.25, 0.3) is 0 Å². The Hall–Kier alpha value is -0.820. The molecule has 0 heterocycles. The van der Waals surface area contributed by atoms with Crippen LogP contribution >= 0.6 is 0 Å². The second-order valence-electron chi connectivity index (χ2n) is 6.38. The molecule has 1 aliphatic rings. The van der Waals surface area contributed by atoms with Gasteiger partial charge in [-0.15, -0.1) is 0 Å². The van der Waals surface area contributed by atoms with E-state index in [0.29, 0.717) is 0 Å². The van der Waals surface area contributed by atoms with Crippen LogP contribution in [0, 0.1) is 11.8 Å². The fourth-order valence-electron chi connectivity index (χ4n) is 3.50. The molecule has 2 rings (SSSR count). The molecular formula is C19H31N. The summed E-state index contributed by atoms with van der Waals surface area (Å²) in [7, 11) is 0. The molecule has 2 atom stereocenters. The summed E-state index contributed by atoms with van der Waals surface area (Å²) in [5.74, 6) is 1.78. The molecule has 0 bridgehead atoms. The number of hydrogen-bond donors (Lipinski definition) is 1. The fourth-order valence-corrected chi connectivity index (χ4v) is 3.50. The Morgan fingerprint density at radius 3 is 2.25 bits per heavy atom. The van der Waals surface area contributed by atoms with E-state index in [0.717, 1.165) is 18.3 Å². The summed E-state index contributed by atoms with van der Waals surface area (Å²) in [5, 5.41) is 3.64. The second-order valence-corrected chi connectivity index (χ2v) is 6.38. The quantitative estimate of drug-likeness (QED) is 0.716. The van der Waals surface area contributed by atoms with Gasteiger partial charge in [0.15, 0.2) is 0 Å². The van der Waals surface area contributed by atoms with Gasteiger partial charge in [0.2, 0.25) is 0 Å². The van der Waals surface area contributed by atoms with E-state index in [9.17, 15) is 0 Å². The summed E-state index contributed by atoms with van der Waals surface area (Å²) < 4.78 is 0. The van der Waals surface area contributed by atoms with Crippen LogP contribution in [0.4, 0.5) is 0 Å². The van der Waals surface area contributed by atoms with Gasteiger partial charge in [-0.25, -0.2) is 0 Å². The number of hydrogen-bond acceptors (Lipinski definition) is 1. The average Bonchev–Trinajstić information content (AvgIpc) is 2.50. The summed E-state index contributed by atoms with van der Waals surface area (Å²) in [5.41, 5.74) is 2.99. The Morgan fingerprint density at radius 1 is 0.950 bits per heavy atom. The van der Waals surface area contributed by atoms with E-state index < -0.39 is 0 Å². The molecule has 1 nitrogen and oxygen atoms in total. The number of rotatable bonds is 7. The van der Waals surface area contributed by atoms with Gasteiger partial charge in [0.1, 0.15) is 0 Å². The van der Waals surface area contributed by atoms with Crippen molar-refractivity contribution in [1.29, 1.82) is 0 Å². The SMILES string of the molecule is CCCNCC1CCCCC1Cc1ccc(CC)cc1. The van der Waals surface area contributed by atoms with Crippen molar-refractivity contribution in [3.05, 3.63) is 35.4 Å². The van der Waals surface area contributed by atoms with Crippen LogP contribution < -0.4 is 5.32 Å². The van der Waals surface area contributed by atoms with Crippen LogP contribution in [0.5, 0.6) is 0 Å². The molecule has 0 amide bonds. The van der Waals surface area contributed by atoms with Gasteiger partial charge in [-0.2, -0.15) is 0 Å². The minimum absolute atomic E-state index is 0.889. The van der Waals surface area contributed by atoms with Crippen molar-refractivity contribution >= 4 is 0 Å². The molecule has 0 radical (unpaired) electrons. The Bertz CT molecular complexity index is 368. The van der Waals surface area contributed by atoms with Crippen LogP contribution in [0.2, 0.25) is 0 Å². The summed E-state index contributed by atoms with van der Waals surface area (Å²) in [6.07, 6.45) is 9.39. The van der Waals surface area contributed by atoms with Crippen molar-refractivity contribution in [1.82, 2.24) is 5.32 Å². The fraction of sp³-hybridized carbons (Fsp3) is 0.684. The first-order chi connectivity index (χ1) is 9.83. The van der Waals surface area contributed by atoms with Crippen molar-refractivity contribution in [2.24, 2.45) is 11.8 Å². The average molecular weight is 273 g/mol. The maximum Gasteiger partial charge on any atom is -0.00178 e. The summed E-state index contributed by atoms with van der Waals surface area (Å²) in [4.78, 5) is 0. The van der Waals surface area contributed by atoms with Crippen LogP contribution in [0.25, 0.3) is 0 Å². The van der Waals surface area contributed by atoms with Gasteiger partial charge in [0.05, 0.1) is 0 Å². The molecule has 20 heavy (non-hydrogen) atoms. The van der Waals surface area contributed by atoms with E-state index in [1.165, 1.54) is 62.7 Å². The van der Waals surface area contributed by atoms with Crippen molar-refractivity contribution in [3.8, 4) is 0 Å². The monoisotopic (exact) mass is 273 g/mol. The molecular weight excluding hydrogens is 242 g/mol. The first-order valence-electron chi connectivity index (χ1n) is 8.62. The molecule has 2 unspecified atom stereocenters. The lowest BCUT2D eigenvalue weighted by Crippen LogP contribution is -2.32. The maximum absolute atomic E-state index is 3.64. The topological polar surface area (TPSA) is 12.0 Å². The van der Waals surface area contributed by atoms with Crippen molar-refractivity contribution in [2.75, 3.05) is 13.1 Å². The Balaban J connectivity index is 1.89. The largest absolute Gasteiger partial charge is 0.316 e. The summed E-state index contributed by atoms with van der Waals surface area (Å²) >= 11 is 0. The van der Waals surface area contributed by atoms with Gasteiger partial charge >= 0.3 is 0 Å². The van der Waals surface area contributed by atoms with Crippen molar-refractivity contribution < 1.29 is 0 Å². The standard InChI is InChI=1S/C19H31N/c1-3-13-20-15-19-8-6-5-7-18(19)14-17-11-9-16(4-2)10-12-17/h9-12,18-20H,3-8,13-15H2,1-2H3. The predicted molar refractivity (Wildman–Crippen MR) is 88.1 cm³/mol. The van der Waals surface area contributed by atoms with Crippen LogP contribution in [-0.2, 0) is 12.8 Å². The zero-order chi connectivity index (χ0) is 14.2. The zero-order valence-corrected chi connectivity index (χ0v) is 13.3. The van der Waals surface area contributed by atoms with Gasteiger partial charge in [0, 0.05) is 0 Å². The number of nitrogens with one attached hydrogen (secondary N) is 1. The van der Waals surface area contributed by atoms with Crippen LogP contribution in [0.3, 0.4) is 0 Å². The van der Waals surface area contributed by atoms with Crippen molar-refractivity contribution in [2.45, 2.75) is 58.8 Å². The zero-order valence-electron chi connectivity index (χ0n) is 13.3. The molecule has 1 heteroatoms. The number of benzene rings is 1. The van der Waals surface area contributed by atoms with E-state index in [1.54, 1.807) is 0 Å². The Morgan fingerprint density at radius 2 is 1.60 bits per heavy atom. The maximum atomic E-state index is 3.64. The molecule has 112 valence electrons. The highest BCUT2D eigenvalue weighted by Gasteiger charge is 2.24. The smallest absolute Gasteiger partial charge is 0.00178 e. The highest BCUT2D eigenvalue weighted by atomic mass is 14.9. The molecule has 0 spiro atoms. The minimum Gasteiger partial charge on any atom is -0.316 e. The molecule has 0 aliphatic heterocycles. The summed E-state index contributed by atoms with van der Waals surface area (Å²) in [6.45, 7) is 6.88. The van der Waals surface area contributed by atoms with E-state index in [2.05, 4.69) is 43.4 Å². The van der Waals surface area contributed by atoms with Gasteiger partial charge < -0.3 is 5.32 Å². The second kappa shape index (κ2) is 8.46. The lowest BCUT2D eigenvalue weighted by molar-refractivity contribution is 0.229. The van der Waals surface area contributed by atoms with Crippen molar-refractivity contribution in [3.63, 3.8) is 0 Å².